The van der Waals surface area contributed by atoms with E-state index in [-0.39, 0.29) is 47.4 Å². The predicted octanol–water partition coefficient (Wildman–Crippen LogP) is 2.28. The fourth-order valence-corrected chi connectivity index (χ4v) is 4.28. The highest BCUT2D eigenvalue weighted by atomic mass is 35.5. The number of hydrogen-bond donors (Lipinski definition) is 0. The summed E-state index contributed by atoms with van der Waals surface area (Å²) in [5, 5.41) is 8.89. The number of pyridine rings is 1. The lowest BCUT2D eigenvalue weighted by molar-refractivity contribution is -0.149. The molecule has 34 heavy (non-hydrogen) atoms. The van der Waals surface area contributed by atoms with E-state index in [1.165, 1.54) is 10.7 Å². The molecule has 180 valence electrons. The number of para-hydroxylation sites is 1. The van der Waals surface area contributed by atoms with Crippen molar-refractivity contribution in [2.75, 3.05) is 26.3 Å². The number of aryl methyl sites for hydroxylation is 1. The minimum Gasteiger partial charge on any atom is -0.491 e. The number of esters is 1. The summed E-state index contributed by atoms with van der Waals surface area (Å²) in [5.74, 6) is -0.270. The summed E-state index contributed by atoms with van der Waals surface area (Å²) in [6.07, 6.45) is 1.07. The first kappa shape index (κ1) is 23.7. The van der Waals surface area contributed by atoms with Crippen molar-refractivity contribution in [2.45, 2.75) is 26.3 Å². The Hall–Kier alpha value is -3.40. The zero-order chi connectivity index (χ0) is 24.2. The van der Waals surface area contributed by atoms with Gasteiger partial charge in [-0.05, 0) is 31.9 Å². The molecule has 1 aromatic carbocycles. The van der Waals surface area contributed by atoms with Crippen LogP contribution in [-0.2, 0) is 23.1 Å². The topological polar surface area (TPSA) is 109 Å². The molecule has 10 nitrogen and oxygen atoms in total. The summed E-state index contributed by atoms with van der Waals surface area (Å²) in [7, 11) is 1.71. The zero-order valence-electron chi connectivity index (χ0n) is 19.1. The Balaban J connectivity index is 1.38. The van der Waals surface area contributed by atoms with Crippen molar-refractivity contribution in [1.29, 1.82) is 0 Å². The van der Waals surface area contributed by atoms with Gasteiger partial charge in [-0.1, -0.05) is 28.9 Å². The van der Waals surface area contributed by atoms with Crippen molar-refractivity contribution >= 4 is 34.4 Å². The number of fused-ring (bicyclic) bond motifs is 1. The Morgan fingerprint density at radius 3 is 2.68 bits per heavy atom. The fraction of sp³-hybridized carbons (Fsp3) is 0.435. The van der Waals surface area contributed by atoms with Crippen molar-refractivity contribution < 1.29 is 19.1 Å². The van der Waals surface area contributed by atoms with E-state index in [1.807, 2.05) is 24.3 Å². The van der Waals surface area contributed by atoms with Crippen LogP contribution in [-0.4, -0.2) is 62.6 Å². The molecule has 1 aliphatic heterocycles. The molecule has 0 atom stereocenters. The number of rotatable bonds is 7. The maximum Gasteiger partial charge on any atom is 0.309 e. The predicted molar refractivity (Wildman–Crippen MR) is 125 cm³/mol. The van der Waals surface area contributed by atoms with Crippen LogP contribution in [0.15, 0.2) is 35.1 Å². The molecule has 11 heteroatoms. The van der Waals surface area contributed by atoms with Crippen LogP contribution < -0.4 is 10.3 Å². The van der Waals surface area contributed by atoms with E-state index in [4.69, 9.17) is 21.1 Å². The molecule has 1 saturated heterocycles. The monoisotopic (exact) mass is 487 g/mol. The second kappa shape index (κ2) is 10.3. The molecule has 0 spiro atoms. The molecular formula is C23H26ClN5O5. The molecule has 3 aromatic rings. The van der Waals surface area contributed by atoms with Gasteiger partial charge >= 0.3 is 5.97 Å². The Morgan fingerprint density at radius 2 is 1.94 bits per heavy atom. The Bertz CT molecular complexity index is 1260. The number of carbonyl (C=O) groups excluding carboxylic acids is 2. The van der Waals surface area contributed by atoms with E-state index in [0.717, 1.165) is 10.9 Å². The summed E-state index contributed by atoms with van der Waals surface area (Å²) >= 11 is 6.39. The van der Waals surface area contributed by atoms with Gasteiger partial charge in [0, 0.05) is 31.6 Å². The lowest BCUT2D eigenvalue weighted by atomic mass is 9.97. The lowest BCUT2D eigenvalue weighted by Gasteiger charge is -2.30. The number of ether oxygens (including phenoxy) is 2. The van der Waals surface area contributed by atoms with Gasteiger partial charge in [0.2, 0.25) is 0 Å². The lowest BCUT2D eigenvalue weighted by Crippen LogP contribution is -2.41. The number of amides is 1. The van der Waals surface area contributed by atoms with Gasteiger partial charge in [-0.15, -0.1) is 5.10 Å². The molecule has 1 aliphatic rings. The molecule has 0 saturated carbocycles. The molecule has 1 fully saturated rings. The Labute approximate surface area is 201 Å². The second-order valence-electron chi connectivity index (χ2n) is 8.04. The Morgan fingerprint density at radius 1 is 1.21 bits per heavy atom. The van der Waals surface area contributed by atoms with Crippen LogP contribution in [0.4, 0.5) is 0 Å². The van der Waals surface area contributed by atoms with Crippen LogP contribution in [0, 0.1) is 5.92 Å². The summed E-state index contributed by atoms with van der Waals surface area (Å²) in [6.45, 7) is 3.38. The largest absolute Gasteiger partial charge is 0.491 e. The van der Waals surface area contributed by atoms with Crippen LogP contribution in [0.1, 0.15) is 30.3 Å². The van der Waals surface area contributed by atoms with Gasteiger partial charge in [0.1, 0.15) is 12.4 Å². The van der Waals surface area contributed by atoms with Crippen molar-refractivity contribution in [3.05, 3.63) is 51.5 Å². The van der Waals surface area contributed by atoms with E-state index < -0.39 is 0 Å². The first-order valence-electron chi connectivity index (χ1n) is 11.2. The average Bonchev–Trinajstić information content (AvgIpc) is 3.22. The number of hydrogen-bond acceptors (Lipinski definition) is 7. The van der Waals surface area contributed by atoms with Crippen LogP contribution in [0.5, 0.6) is 5.75 Å². The van der Waals surface area contributed by atoms with E-state index in [1.54, 1.807) is 23.4 Å². The third kappa shape index (κ3) is 4.77. The van der Waals surface area contributed by atoms with Gasteiger partial charge in [0.05, 0.1) is 24.6 Å². The zero-order valence-corrected chi connectivity index (χ0v) is 19.8. The van der Waals surface area contributed by atoms with Gasteiger partial charge < -0.3 is 18.9 Å². The number of nitrogens with zero attached hydrogens (tertiary/aromatic N) is 5. The number of aromatic nitrogens is 4. The molecule has 0 bridgehead atoms. The van der Waals surface area contributed by atoms with E-state index in [0.29, 0.717) is 38.3 Å². The summed E-state index contributed by atoms with van der Waals surface area (Å²) in [6, 6.07) is 8.92. The van der Waals surface area contributed by atoms with Gasteiger partial charge in [0.15, 0.2) is 10.8 Å². The third-order valence-electron chi connectivity index (χ3n) is 5.96. The highest BCUT2D eigenvalue weighted by Gasteiger charge is 2.31. The average molecular weight is 488 g/mol. The molecule has 0 N–H and O–H groups in total. The summed E-state index contributed by atoms with van der Waals surface area (Å²) < 4.78 is 13.9. The van der Waals surface area contributed by atoms with E-state index in [9.17, 15) is 14.4 Å². The van der Waals surface area contributed by atoms with Crippen LogP contribution >= 0.6 is 11.6 Å². The van der Waals surface area contributed by atoms with E-state index in [2.05, 4.69) is 10.3 Å². The maximum atomic E-state index is 12.9. The molecule has 2 aromatic heterocycles. The van der Waals surface area contributed by atoms with Gasteiger partial charge in [-0.25, -0.2) is 4.68 Å². The van der Waals surface area contributed by atoms with Gasteiger partial charge in [-0.3, -0.25) is 14.4 Å². The molecule has 0 unspecified atom stereocenters. The molecule has 0 aliphatic carbocycles. The van der Waals surface area contributed by atoms with E-state index >= 15 is 0 Å². The van der Waals surface area contributed by atoms with Crippen molar-refractivity contribution in [2.24, 2.45) is 13.0 Å². The first-order chi connectivity index (χ1) is 16.4. The second-order valence-corrected chi connectivity index (χ2v) is 8.40. The number of halogens is 1. The summed E-state index contributed by atoms with van der Waals surface area (Å²) in [4.78, 5) is 38.6. The first-order valence-corrected chi connectivity index (χ1v) is 11.5. The minimum atomic E-state index is -0.322. The van der Waals surface area contributed by atoms with Crippen LogP contribution in [0.25, 0.3) is 10.9 Å². The molecule has 4 rings (SSSR count). The molecule has 0 radical (unpaired) electrons. The SMILES string of the molecule is CCOC(=O)C1CCN(C(=O)c2nnn(CCOc3cc(=O)n(C)c4ccccc34)c2Cl)CC1. The number of likely N-dealkylation sites (tertiary alicyclic amines) is 1. The van der Waals surface area contributed by atoms with Crippen LogP contribution in [0.3, 0.4) is 0 Å². The molecule has 1 amide bonds. The van der Waals surface area contributed by atoms with Crippen molar-refractivity contribution in [1.82, 2.24) is 24.5 Å². The van der Waals surface area contributed by atoms with Crippen molar-refractivity contribution in [3.8, 4) is 5.75 Å². The van der Waals surface area contributed by atoms with Crippen molar-refractivity contribution in [3.63, 3.8) is 0 Å². The standard InChI is InChI=1S/C23H26ClN5O5/c1-3-33-23(32)15-8-10-28(11-9-15)22(31)20-21(24)29(26-25-20)12-13-34-18-14-19(30)27(2)17-7-5-4-6-16(17)18/h4-7,14-15H,3,8-13H2,1-2H3. The number of piperidine rings is 1. The normalized spacial score (nSPS) is 14.4. The smallest absolute Gasteiger partial charge is 0.309 e. The number of carbonyl (C=O) groups is 2. The number of benzene rings is 1. The van der Waals surface area contributed by atoms with Crippen LogP contribution in [0.2, 0.25) is 5.15 Å². The minimum absolute atomic E-state index is 0.0651. The highest BCUT2D eigenvalue weighted by molar-refractivity contribution is 6.32. The summed E-state index contributed by atoms with van der Waals surface area (Å²) in [5.41, 5.74) is 0.658. The van der Waals surface area contributed by atoms with Gasteiger partial charge in [0.25, 0.3) is 11.5 Å². The molecular weight excluding hydrogens is 462 g/mol. The van der Waals surface area contributed by atoms with Gasteiger partial charge in [-0.2, -0.15) is 0 Å². The Kier molecular flexibility index (Phi) is 7.16. The highest BCUT2D eigenvalue weighted by Crippen LogP contribution is 2.24. The fourth-order valence-electron chi connectivity index (χ4n) is 4.04. The molecule has 3 heterocycles. The maximum absolute atomic E-state index is 12.9. The third-order valence-corrected chi connectivity index (χ3v) is 6.33. The quantitative estimate of drug-likeness (QED) is 0.470.